The zero-order valence-corrected chi connectivity index (χ0v) is 6.75. The van der Waals surface area contributed by atoms with Crippen LogP contribution in [0.1, 0.15) is 14.6 Å². The van der Waals surface area contributed by atoms with Crippen molar-refractivity contribution in [2.24, 2.45) is 5.73 Å². The first kappa shape index (κ1) is 4.65. The number of hydrogen-bond acceptors (Lipinski definition) is 4. The molecular weight excluding hydrogens is 187 g/mol. The van der Waals surface area contributed by atoms with Gasteiger partial charge in [0.05, 0.1) is 5.48 Å². The van der Waals surface area contributed by atoms with E-state index in [1.165, 1.54) is 0 Å². The Bertz CT molecular complexity index is 591. The van der Waals surface area contributed by atoms with Crippen molar-refractivity contribution in [2.75, 3.05) is 0 Å². The van der Waals surface area contributed by atoms with Crippen molar-refractivity contribution in [1.29, 1.82) is 0 Å². The fraction of sp³-hybridized carbons (Fsp3) is 0.222. The summed E-state index contributed by atoms with van der Waals surface area (Å²) in [5, 5.41) is 8.75. The SMILES string of the molecule is [2H]C1=C([2H])C(C([2H])([2H])[13C]([2H])(N)C(=O)O)=C([2H])C(=O)C1=O. The highest BCUT2D eigenvalue weighted by molar-refractivity contribution is 6.46. The van der Waals surface area contributed by atoms with Gasteiger partial charge in [-0.1, -0.05) is 6.05 Å². The second kappa shape index (κ2) is 3.97. The third kappa shape index (κ3) is 2.37. The minimum absolute atomic E-state index is 1.13. The second-order valence-electron chi connectivity index (χ2n) is 2.25. The molecule has 0 aromatic heterocycles. The van der Waals surface area contributed by atoms with E-state index in [9.17, 15) is 14.4 Å². The quantitative estimate of drug-likeness (QED) is 0.362. The molecule has 1 unspecified atom stereocenters. The Balaban J connectivity index is 3.64. The topological polar surface area (TPSA) is 97.5 Å². The fourth-order valence-corrected chi connectivity index (χ4v) is 0.628. The summed E-state index contributed by atoms with van der Waals surface area (Å²) in [6.07, 6.45) is -3.32. The third-order valence-electron chi connectivity index (χ3n) is 1.24. The van der Waals surface area contributed by atoms with E-state index in [4.69, 9.17) is 19.1 Å². The molecule has 5 nitrogen and oxygen atoms in total. The van der Waals surface area contributed by atoms with Crippen LogP contribution in [0, 0.1) is 0 Å². The van der Waals surface area contributed by atoms with Gasteiger partial charge in [0, 0.05) is 2.74 Å². The number of carbonyl (C=O) groups excluding carboxylic acids is 2. The lowest BCUT2D eigenvalue weighted by molar-refractivity contribution is -0.138. The molecule has 3 N–H and O–H groups in total. The molecule has 74 valence electrons. The number of ketones is 2. The largest absolute Gasteiger partial charge is 0.480 e. The molecule has 5 heteroatoms. The zero-order valence-electron chi connectivity index (χ0n) is 12.7. The summed E-state index contributed by atoms with van der Waals surface area (Å²) >= 11 is 0. The maximum absolute atomic E-state index is 11.4. The Kier molecular flexibility index (Phi) is 1.32. The number of carboxylic acids is 1. The molecule has 14 heavy (non-hydrogen) atoms. The van der Waals surface area contributed by atoms with Crippen molar-refractivity contribution >= 4 is 17.5 Å². The van der Waals surface area contributed by atoms with Gasteiger partial charge in [-0.2, -0.15) is 0 Å². The number of carbonyl (C=O) groups is 3. The Morgan fingerprint density at radius 2 is 2.29 bits per heavy atom. The van der Waals surface area contributed by atoms with Gasteiger partial charge in [-0.15, -0.1) is 0 Å². The van der Waals surface area contributed by atoms with Crippen molar-refractivity contribution < 1.29 is 27.7 Å². The van der Waals surface area contributed by atoms with E-state index in [1.807, 2.05) is 0 Å². The number of carboxylic acid groups (broad SMARTS) is 1. The fourth-order valence-electron chi connectivity index (χ4n) is 0.628. The van der Waals surface area contributed by atoms with E-state index in [0.717, 1.165) is 0 Å². The molecular formula is C9H9NO4. The molecule has 0 saturated carbocycles. The lowest BCUT2D eigenvalue weighted by Gasteiger charge is -2.08. The smallest absolute Gasteiger partial charge is 0.320 e. The van der Waals surface area contributed by atoms with Gasteiger partial charge in [-0.25, -0.2) is 0 Å². The maximum Gasteiger partial charge on any atom is 0.320 e. The monoisotopic (exact) mass is 202 g/mol. The highest BCUT2D eigenvalue weighted by atomic mass is 16.4. The molecule has 0 saturated heterocycles. The minimum Gasteiger partial charge on any atom is -0.480 e. The minimum atomic E-state index is -3.32. The molecule has 0 aromatic rings. The van der Waals surface area contributed by atoms with Gasteiger partial charge in [0.15, 0.2) is 0 Å². The molecule has 0 fully saturated rings. The summed E-state index contributed by atoms with van der Waals surface area (Å²) < 4.78 is 44.4. The molecule has 0 radical (unpaired) electrons. The highest BCUT2D eigenvalue weighted by Crippen LogP contribution is 2.10. The normalized spacial score (nSPS) is 29.5. The van der Waals surface area contributed by atoms with E-state index < -0.39 is 53.7 Å². The van der Waals surface area contributed by atoms with E-state index in [1.54, 1.807) is 0 Å². The van der Waals surface area contributed by atoms with Crippen LogP contribution < -0.4 is 5.73 Å². The van der Waals surface area contributed by atoms with E-state index in [0.29, 0.717) is 0 Å². The van der Waals surface area contributed by atoms with Gasteiger partial charge in [-0.05, 0) is 24.1 Å². The van der Waals surface area contributed by atoms with Crippen molar-refractivity contribution in [2.45, 2.75) is 12.4 Å². The first-order valence-electron chi connectivity index (χ1n) is 6.37. The predicted molar refractivity (Wildman–Crippen MR) is 47.5 cm³/mol. The first-order chi connectivity index (χ1) is 8.87. The van der Waals surface area contributed by atoms with Gasteiger partial charge < -0.3 is 10.8 Å². The number of hydrogen-bond donors (Lipinski definition) is 2. The van der Waals surface area contributed by atoms with E-state index >= 15 is 0 Å². The molecule has 0 amide bonds. The summed E-state index contributed by atoms with van der Waals surface area (Å²) in [5.41, 5.74) is 3.87. The summed E-state index contributed by atoms with van der Waals surface area (Å²) in [6, 6.07) is -6.88. The Morgan fingerprint density at radius 3 is 2.86 bits per heavy atom. The third-order valence-corrected chi connectivity index (χ3v) is 1.24. The van der Waals surface area contributed by atoms with Crippen molar-refractivity contribution in [3.8, 4) is 0 Å². The van der Waals surface area contributed by atoms with Crippen LogP contribution in [0.2, 0.25) is 0 Å². The number of allylic oxidation sites excluding steroid dienone is 3. The number of nitrogens with two attached hydrogens (primary N) is 1. The summed E-state index contributed by atoms with van der Waals surface area (Å²) in [7, 11) is 0. The zero-order chi connectivity index (χ0) is 16.0. The molecule has 0 heterocycles. The lowest BCUT2D eigenvalue weighted by Crippen LogP contribution is -2.30. The lowest BCUT2D eigenvalue weighted by atomic mass is 10.0. The number of aliphatic carboxylic acids is 1. The van der Waals surface area contributed by atoms with E-state index in [2.05, 4.69) is 0 Å². The Labute approximate surface area is 88.3 Å². The second-order valence-corrected chi connectivity index (χ2v) is 2.25. The number of rotatable bonds is 3. The van der Waals surface area contributed by atoms with Crippen LogP contribution in [0.3, 0.4) is 0 Å². The van der Waals surface area contributed by atoms with Crippen LogP contribution >= 0.6 is 0 Å². The Hall–Kier alpha value is -1.75. The molecule has 1 aliphatic carbocycles. The molecule has 0 bridgehead atoms. The van der Waals surface area contributed by atoms with Gasteiger partial charge >= 0.3 is 5.97 Å². The van der Waals surface area contributed by atoms with Crippen LogP contribution in [0.4, 0.5) is 0 Å². The summed E-state index contributed by atoms with van der Waals surface area (Å²) in [6.45, 7) is 0. The van der Waals surface area contributed by atoms with Crippen LogP contribution in [-0.2, 0) is 14.4 Å². The van der Waals surface area contributed by atoms with Crippen LogP contribution in [-0.4, -0.2) is 28.7 Å². The van der Waals surface area contributed by atoms with E-state index in [-0.39, 0.29) is 0 Å². The van der Waals surface area contributed by atoms with Crippen LogP contribution in [0.15, 0.2) is 23.7 Å². The van der Waals surface area contributed by atoms with Crippen LogP contribution in [0.5, 0.6) is 0 Å². The first-order valence-corrected chi connectivity index (χ1v) is 3.37. The van der Waals surface area contributed by atoms with Gasteiger partial charge in [-0.3, -0.25) is 14.4 Å². The van der Waals surface area contributed by atoms with Gasteiger partial charge in [0.2, 0.25) is 11.6 Å². The highest BCUT2D eigenvalue weighted by Gasteiger charge is 2.17. The maximum atomic E-state index is 11.4. The average molecular weight is 202 g/mol. The van der Waals surface area contributed by atoms with Crippen molar-refractivity contribution in [3.05, 3.63) is 23.7 Å². The van der Waals surface area contributed by atoms with Gasteiger partial charge in [0.25, 0.3) is 0 Å². The van der Waals surface area contributed by atoms with Crippen molar-refractivity contribution in [1.82, 2.24) is 0 Å². The molecule has 0 aromatic carbocycles. The van der Waals surface area contributed by atoms with Crippen LogP contribution in [0.25, 0.3) is 0 Å². The molecule has 1 aliphatic rings. The molecule has 1 rings (SSSR count). The molecule has 0 aliphatic heterocycles. The van der Waals surface area contributed by atoms with Crippen molar-refractivity contribution in [3.63, 3.8) is 0 Å². The molecule has 1 atom stereocenters. The predicted octanol–water partition coefficient (Wildman–Crippen LogP) is -0.577. The molecule has 0 spiro atoms. The standard InChI is InChI=1S/C9H9NO4/c10-6(9(13)14)3-5-1-2-7(11)8(12)4-5/h1-2,4,6H,3,10H2,(H,13,14)/i1D,2D,3D2,4D,6+1D. The average Bonchev–Trinajstić information content (AvgIpc) is 2.33. The Morgan fingerprint density at radius 1 is 1.64 bits per heavy atom. The summed E-state index contributed by atoms with van der Waals surface area (Å²) in [5.74, 6) is -5.11. The van der Waals surface area contributed by atoms with Gasteiger partial charge in [0.1, 0.15) is 6.02 Å². The summed E-state index contributed by atoms with van der Waals surface area (Å²) in [4.78, 5) is 33.4.